The van der Waals surface area contributed by atoms with E-state index in [-0.39, 0.29) is 23.3 Å². The van der Waals surface area contributed by atoms with E-state index in [4.69, 9.17) is 4.74 Å². The lowest BCUT2D eigenvalue weighted by molar-refractivity contribution is -0.140. The first-order valence-electron chi connectivity index (χ1n) is 14.0. The minimum Gasteiger partial charge on any atom is -0.494 e. The lowest BCUT2D eigenvalue weighted by atomic mass is 10.1. The van der Waals surface area contributed by atoms with Gasteiger partial charge in [-0.1, -0.05) is 68.8 Å². The number of rotatable bonds is 14. The molecule has 0 unspecified atom stereocenters. The van der Waals surface area contributed by atoms with Crippen molar-refractivity contribution in [2.24, 2.45) is 5.92 Å². The van der Waals surface area contributed by atoms with Crippen LogP contribution in [0.1, 0.15) is 45.2 Å². The monoisotopic (exact) mass is 579 g/mol. The second kappa shape index (κ2) is 14.7. The van der Waals surface area contributed by atoms with Crippen LogP contribution in [0.3, 0.4) is 0 Å². The van der Waals surface area contributed by atoms with Gasteiger partial charge in [0, 0.05) is 13.1 Å². The number of nitrogens with zero attached hydrogens (tertiary/aromatic N) is 2. The minimum atomic E-state index is -4.12. The van der Waals surface area contributed by atoms with Crippen molar-refractivity contribution in [3.63, 3.8) is 0 Å². The van der Waals surface area contributed by atoms with Crippen LogP contribution in [-0.4, -0.2) is 50.9 Å². The first-order valence-corrected chi connectivity index (χ1v) is 15.4. The summed E-state index contributed by atoms with van der Waals surface area (Å²) in [6, 6.07) is 21.6. The third-order valence-corrected chi connectivity index (χ3v) is 8.34. The van der Waals surface area contributed by atoms with E-state index in [1.807, 2.05) is 58.9 Å². The molecule has 0 aliphatic carbocycles. The molecule has 2 amide bonds. The summed E-state index contributed by atoms with van der Waals surface area (Å²) in [5.74, 6) is 0.0873. The van der Waals surface area contributed by atoms with Crippen LogP contribution in [-0.2, 0) is 26.2 Å². The van der Waals surface area contributed by atoms with Crippen LogP contribution in [0, 0.1) is 12.8 Å². The first-order chi connectivity index (χ1) is 19.6. The predicted octanol–water partition coefficient (Wildman–Crippen LogP) is 5.17. The minimum absolute atomic E-state index is 0.0636. The van der Waals surface area contributed by atoms with Gasteiger partial charge in [0.2, 0.25) is 11.8 Å². The largest absolute Gasteiger partial charge is 0.494 e. The van der Waals surface area contributed by atoms with Gasteiger partial charge in [0.05, 0.1) is 17.2 Å². The van der Waals surface area contributed by atoms with Crippen LogP contribution in [0.5, 0.6) is 5.75 Å². The highest BCUT2D eigenvalue weighted by molar-refractivity contribution is 7.92. The highest BCUT2D eigenvalue weighted by atomic mass is 32.2. The Morgan fingerprint density at radius 2 is 1.61 bits per heavy atom. The molecule has 0 aliphatic rings. The van der Waals surface area contributed by atoms with Crippen molar-refractivity contribution in [1.82, 2.24) is 10.2 Å². The number of aryl methyl sites for hydroxylation is 1. The Bertz CT molecular complexity index is 1390. The van der Waals surface area contributed by atoms with Gasteiger partial charge in [-0.3, -0.25) is 13.9 Å². The maximum Gasteiger partial charge on any atom is 0.264 e. The van der Waals surface area contributed by atoms with Gasteiger partial charge in [0.1, 0.15) is 18.3 Å². The zero-order valence-corrected chi connectivity index (χ0v) is 25.4. The Morgan fingerprint density at radius 1 is 0.927 bits per heavy atom. The average molecular weight is 580 g/mol. The maximum absolute atomic E-state index is 14.1. The summed E-state index contributed by atoms with van der Waals surface area (Å²) in [6.45, 7) is 10.3. The summed E-state index contributed by atoms with van der Waals surface area (Å²) < 4.78 is 34.4. The van der Waals surface area contributed by atoms with E-state index in [1.54, 1.807) is 42.5 Å². The summed E-state index contributed by atoms with van der Waals surface area (Å²) in [7, 11) is -4.12. The van der Waals surface area contributed by atoms with E-state index in [9.17, 15) is 18.0 Å². The highest BCUT2D eigenvalue weighted by Gasteiger charge is 2.33. The number of ether oxygens (including phenoxy) is 1. The lowest BCUT2D eigenvalue weighted by Gasteiger charge is -2.33. The molecule has 1 N–H and O–H groups in total. The van der Waals surface area contributed by atoms with Gasteiger partial charge in [0.15, 0.2) is 0 Å². The quantitative estimate of drug-likeness (QED) is 0.284. The molecule has 0 fully saturated rings. The molecular weight excluding hydrogens is 538 g/mol. The van der Waals surface area contributed by atoms with Gasteiger partial charge >= 0.3 is 0 Å². The van der Waals surface area contributed by atoms with Gasteiger partial charge in [-0.05, 0) is 68.1 Å². The Balaban J connectivity index is 2.04. The number of benzene rings is 3. The molecule has 0 bridgehead atoms. The fourth-order valence-electron chi connectivity index (χ4n) is 4.47. The predicted molar refractivity (Wildman–Crippen MR) is 162 cm³/mol. The summed E-state index contributed by atoms with van der Waals surface area (Å²) in [5, 5.41) is 2.95. The molecule has 41 heavy (non-hydrogen) atoms. The molecule has 3 rings (SSSR count). The van der Waals surface area contributed by atoms with Crippen molar-refractivity contribution in [3.8, 4) is 5.75 Å². The van der Waals surface area contributed by atoms with Crippen molar-refractivity contribution in [1.29, 1.82) is 0 Å². The number of amides is 2. The molecule has 8 nitrogen and oxygen atoms in total. The molecule has 0 saturated carbocycles. The van der Waals surface area contributed by atoms with Crippen molar-refractivity contribution in [3.05, 3.63) is 90.0 Å². The van der Waals surface area contributed by atoms with E-state index >= 15 is 0 Å². The van der Waals surface area contributed by atoms with Crippen LogP contribution < -0.4 is 14.4 Å². The number of sulfonamides is 1. The highest BCUT2D eigenvalue weighted by Crippen LogP contribution is 2.27. The first kappa shape index (κ1) is 31.7. The van der Waals surface area contributed by atoms with Crippen molar-refractivity contribution in [2.45, 2.75) is 58.5 Å². The Kier molecular flexibility index (Phi) is 11.3. The molecule has 220 valence electrons. The summed E-state index contributed by atoms with van der Waals surface area (Å²) in [6.07, 6.45) is 0.371. The standard InChI is InChI=1S/C32H41N3O5S/c1-6-30(32(37)33-21-24(3)4)34(22-26-13-11-12-25(5)20-26)31(36)23-35(27-16-18-28(19-17-27)40-7-2)41(38,39)29-14-9-8-10-15-29/h8-20,24,30H,6-7,21-23H2,1-5H3,(H,33,37)/t30-/m1/s1. The van der Waals surface area contributed by atoms with Crippen LogP contribution in [0.15, 0.2) is 83.8 Å². The van der Waals surface area contributed by atoms with Gasteiger partial charge in [-0.25, -0.2) is 8.42 Å². The van der Waals surface area contributed by atoms with E-state index in [0.717, 1.165) is 15.4 Å². The van der Waals surface area contributed by atoms with E-state index in [2.05, 4.69) is 5.32 Å². The number of anilines is 1. The molecule has 0 aromatic heterocycles. The van der Waals surface area contributed by atoms with Crippen molar-refractivity contribution < 1.29 is 22.7 Å². The number of carbonyl (C=O) groups excluding carboxylic acids is 2. The number of hydrogen-bond donors (Lipinski definition) is 1. The van der Waals surface area contributed by atoms with Crippen LogP contribution in [0.2, 0.25) is 0 Å². The Hall–Kier alpha value is -3.85. The van der Waals surface area contributed by atoms with E-state index < -0.39 is 28.5 Å². The Morgan fingerprint density at radius 3 is 2.20 bits per heavy atom. The van der Waals surface area contributed by atoms with Crippen molar-refractivity contribution in [2.75, 3.05) is 24.0 Å². The molecule has 3 aromatic rings. The zero-order valence-electron chi connectivity index (χ0n) is 24.5. The van der Waals surface area contributed by atoms with E-state index in [1.165, 1.54) is 17.0 Å². The zero-order chi connectivity index (χ0) is 30.0. The van der Waals surface area contributed by atoms with Crippen LogP contribution >= 0.6 is 0 Å². The average Bonchev–Trinajstić information content (AvgIpc) is 2.95. The molecule has 0 spiro atoms. The molecule has 1 atom stereocenters. The number of carbonyl (C=O) groups is 2. The summed E-state index contributed by atoms with van der Waals surface area (Å²) in [4.78, 5) is 29.0. The van der Waals surface area contributed by atoms with Gasteiger partial charge in [-0.15, -0.1) is 0 Å². The third-order valence-electron chi connectivity index (χ3n) is 6.55. The summed E-state index contributed by atoms with van der Waals surface area (Å²) >= 11 is 0. The lowest BCUT2D eigenvalue weighted by Crippen LogP contribution is -2.52. The second-order valence-electron chi connectivity index (χ2n) is 10.3. The molecule has 0 saturated heterocycles. The SMILES string of the molecule is CCOc1ccc(N(CC(=O)N(Cc2cccc(C)c2)[C@H](CC)C(=O)NCC(C)C)S(=O)(=O)c2ccccc2)cc1. The molecule has 0 aliphatic heterocycles. The molecular formula is C32H41N3O5S. The van der Waals surface area contributed by atoms with Crippen LogP contribution in [0.4, 0.5) is 5.69 Å². The normalized spacial score (nSPS) is 12.0. The van der Waals surface area contributed by atoms with Gasteiger partial charge < -0.3 is 15.0 Å². The molecule has 3 aromatic carbocycles. The molecule has 0 heterocycles. The fourth-order valence-corrected chi connectivity index (χ4v) is 5.91. The third kappa shape index (κ3) is 8.57. The fraction of sp³-hybridized carbons (Fsp3) is 0.375. The van der Waals surface area contributed by atoms with E-state index in [0.29, 0.717) is 31.0 Å². The number of hydrogen-bond acceptors (Lipinski definition) is 5. The summed E-state index contributed by atoms with van der Waals surface area (Å²) in [5.41, 5.74) is 2.19. The second-order valence-corrected chi connectivity index (χ2v) is 12.2. The maximum atomic E-state index is 14.1. The smallest absolute Gasteiger partial charge is 0.264 e. The molecule has 9 heteroatoms. The Labute approximate surface area is 244 Å². The van der Waals surface area contributed by atoms with Crippen LogP contribution in [0.25, 0.3) is 0 Å². The number of nitrogens with one attached hydrogen (secondary N) is 1. The van der Waals surface area contributed by atoms with Crippen molar-refractivity contribution >= 4 is 27.5 Å². The topological polar surface area (TPSA) is 96.0 Å². The van der Waals surface area contributed by atoms with Gasteiger partial charge in [-0.2, -0.15) is 0 Å². The van der Waals surface area contributed by atoms with Gasteiger partial charge in [0.25, 0.3) is 10.0 Å². The molecule has 0 radical (unpaired) electrons.